The summed E-state index contributed by atoms with van der Waals surface area (Å²) in [6.07, 6.45) is -7.91. The van der Waals surface area contributed by atoms with Crippen molar-refractivity contribution in [3.8, 4) is 5.75 Å². The van der Waals surface area contributed by atoms with Crippen molar-refractivity contribution in [1.82, 2.24) is 15.5 Å². The molecule has 0 saturated carbocycles. The van der Waals surface area contributed by atoms with E-state index in [0.29, 0.717) is 31.2 Å². The highest BCUT2D eigenvalue weighted by atomic mass is 16.6. The number of methoxy groups -OCH3 is 5. The molecule has 26 nitrogen and oxygen atoms in total. The highest BCUT2D eigenvalue weighted by Crippen LogP contribution is 2.42. The number of hydrogen-bond donors (Lipinski definition) is 5. The minimum Gasteiger partial charge on any atom is -0.490 e. The smallest absolute Gasteiger partial charge is 0.312 e. The molecule has 0 aliphatic carbocycles. The Morgan fingerprint density at radius 3 is 1.57 bits per heavy atom. The van der Waals surface area contributed by atoms with Crippen molar-refractivity contribution in [1.29, 1.82) is 0 Å². The zero-order valence-electron chi connectivity index (χ0n) is 53.8. The number of carboxylic acid groups (broad SMARTS) is 3. The normalized spacial score (nSPS) is 20.2. The van der Waals surface area contributed by atoms with Crippen LogP contribution < -0.4 is 15.4 Å². The number of aryl methyl sites for hydroxylation is 1. The number of carboxylic acids is 3. The Morgan fingerprint density at radius 2 is 1.09 bits per heavy atom. The van der Waals surface area contributed by atoms with Gasteiger partial charge in [0, 0.05) is 65.7 Å². The molecule has 2 saturated heterocycles. The summed E-state index contributed by atoms with van der Waals surface area (Å²) in [4.78, 5) is 166. The second kappa shape index (κ2) is 37.1. The van der Waals surface area contributed by atoms with E-state index < -0.39 is 187 Å². The van der Waals surface area contributed by atoms with Gasteiger partial charge in [-0.2, -0.15) is 0 Å². The molecule has 0 aromatic heterocycles. The lowest BCUT2D eigenvalue weighted by molar-refractivity contribution is -0.172. The number of nitrogens with zero attached hydrogens (tertiary/aromatic N) is 1. The third-order valence-electron chi connectivity index (χ3n) is 17.4. The number of Topliss-reactive ketones (excluding diaryl/α,β-unsaturated/α-hetero) is 2. The first kappa shape index (κ1) is 75.9. The summed E-state index contributed by atoms with van der Waals surface area (Å²) in [6.45, 7) is 9.13. The molecule has 15 atom stereocenters. The quantitative estimate of drug-likeness (QED) is 0.0188. The molecule has 504 valence electrons. The van der Waals surface area contributed by atoms with Crippen LogP contribution in [0.1, 0.15) is 125 Å². The highest BCUT2D eigenvalue weighted by Gasteiger charge is 2.56. The van der Waals surface area contributed by atoms with E-state index in [1.165, 1.54) is 59.4 Å². The number of carbonyl (C=O) groups is 12. The van der Waals surface area contributed by atoms with Gasteiger partial charge >= 0.3 is 29.8 Å². The van der Waals surface area contributed by atoms with E-state index in [2.05, 4.69) is 10.6 Å². The van der Waals surface area contributed by atoms with E-state index in [-0.39, 0.29) is 56.2 Å². The van der Waals surface area contributed by atoms with Crippen LogP contribution in [0.4, 0.5) is 0 Å². The maximum atomic E-state index is 14.9. The van der Waals surface area contributed by atoms with Gasteiger partial charge in [0.1, 0.15) is 19.0 Å². The van der Waals surface area contributed by atoms with Crippen LogP contribution in [0.3, 0.4) is 0 Å². The Kier molecular flexibility index (Phi) is 31.0. The first-order valence-corrected chi connectivity index (χ1v) is 30.8. The van der Waals surface area contributed by atoms with Gasteiger partial charge in [0.15, 0.2) is 11.6 Å². The Balaban J connectivity index is 1.69. The van der Waals surface area contributed by atoms with E-state index in [9.17, 15) is 72.9 Å². The average Bonchev–Trinajstić information content (AvgIpc) is 1.76. The molecule has 91 heavy (non-hydrogen) atoms. The van der Waals surface area contributed by atoms with Crippen LogP contribution in [0.15, 0.2) is 48.5 Å². The third-order valence-corrected chi connectivity index (χ3v) is 17.4. The van der Waals surface area contributed by atoms with E-state index in [0.717, 1.165) is 24.7 Å². The Bertz CT molecular complexity index is 2820. The number of likely N-dealkylation sites (tertiary alicyclic amines) is 1. The monoisotopic (exact) mass is 1280 g/mol. The number of imide groups is 2. The number of esters is 2. The van der Waals surface area contributed by atoms with Gasteiger partial charge in [-0.1, -0.05) is 70.4 Å². The fourth-order valence-corrected chi connectivity index (χ4v) is 12.3. The number of rotatable bonds is 43. The average molecular weight is 1280 g/mol. The lowest BCUT2D eigenvalue weighted by Crippen LogP contribution is -2.49. The third kappa shape index (κ3) is 20.0. The van der Waals surface area contributed by atoms with Gasteiger partial charge in [-0.05, 0) is 83.1 Å². The van der Waals surface area contributed by atoms with Gasteiger partial charge in [-0.25, -0.2) is 0 Å². The number of ether oxygens (including phenoxy) is 8. The number of benzene rings is 2. The Labute approximate surface area is 530 Å². The highest BCUT2D eigenvalue weighted by molar-refractivity contribution is 6.13. The molecule has 0 radical (unpaired) electrons. The maximum Gasteiger partial charge on any atom is 0.312 e. The summed E-state index contributed by atoms with van der Waals surface area (Å²) in [5.41, 5.74) is 1.61. The number of carbonyl (C=O) groups excluding carboxylic acids is 9. The standard InChI is InChI=1S/C65H91N3O23/c1-12-16-26-66-57(72)52(41(61(76)77)31-47(85-8)51-36(6)56(71)67-58(51)73)48(86-9)30-40-53(60(75)68(59(40)74)27-17-13-2)49(87-10)32-43(63(80)81)55(64(82)89-15-4)50(88-11)33-42(62(78)79)54(46(14-3)84-7)65(83)91-29-28-90-39-24-22-38(23-25-39)45(70)34-44(69)37-20-18-35(5)19-21-37/h18-25,36,40-43,46-55H,12-17,26-34H2,1-11H3,(H,66,72)(H,76,77)(H,78,79)(H,80,81)(H,67,71,73). The van der Waals surface area contributed by atoms with Crippen molar-refractivity contribution < 1.29 is 111 Å². The molecule has 2 aliphatic heterocycles. The summed E-state index contributed by atoms with van der Waals surface area (Å²) in [5, 5.41) is 38.1. The van der Waals surface area contributed by atoms with E-state index in [4.69, 9.17) is 37.9 Å². The molecule has 5 N–H and O–H groups in total. The predicted octanol–water partition coefficient (Wildman–Crippen LogP) is 5.16. The molecule has 5 amide bonds. The first-order valence-electron chi connectivity index (χ1n) is 30.8. The molecule has 0 spiro atoms. The van der Waals surface area contributed by atoms with Crippen molar-refractivity contribution in [2.75, 3.05) is 68.5 Å². The number of hydrogen-bond acceptors (Lipinski definition) is 20. The second-order valence-corrected chi connectivity index (χ2v) is 22.9. The minimum atomic E-state index is -1.95. The molecule has 4 rings (SSSR count). The van der Waals surface area contributed by atoms with Crippen molar-refractivity contribution >= 4 is 70.9 Å². The molecule has 2 fully saturated rings. The zero-order chi connectivity index (χ0) is 67.8. The van der Waals surface area contributed by atoms with Gasteiger partial charge in [-0.3, -0.25) is 67.8 Å². The molecule has 2 aromatic rings. The Hall–Kier alpha value is -7.52. The van der Waals surface area contributed by atoms with Crippen LogP contribution in [-0.2, 0) is 81.1 Å². The molecule has 2 heterocycles. The summed E-state index contributed by atoms with van der Waals surface area (Å²) >= 11 is 0. The van der Waals surface area contributed by atoms with Crippen LogP contribution >= 0.6 is 0 Å². The van der Waals surface area contributed by atoms with Gasteiger partial charge in [0.05, 0.1) is 96.8 Å². The molecule has 0 bridgehead atoms. The number of nitrogens with one attached hydrogen (secondary N) is 2. The lowest BCUT2D eigenvalue weighted by Gasteiger charge is -2.36. The molecule has 2 aromatic carbocycles. The maximum absolute atomic E-state index is 14.9. The fraction of sp³-hybridized carbons (Fsp3) is 0.631. The molecule has 26 heteroatoms. The van der Waals surface area contributed by atoms with Crippen molar-refractivity contribution in [2.45, 2.75) is 136 Å². The molecular weight excluding hydrogens is 1190 g/mol. The number of unbranched alkanes of at least 4 members (excludes halogenated alkanes) is 2. The fourth-order valence-electron chi connectivity index (χ4n) is 12.3. The summed E-state index contributed by atoms with van der Waals surface area (Å²) in [7, 11) is 5.88. The minimum absolute atomic E-state index is 0.0640. The SMILES string of the molecule is CCCCNC(=O)C(C(CC1C(=O)N(CCCC)C(=O)C1C(CC(C(=O)O)C(C(=O)OCC)C(CC(C(=O)O)C(C(=O)OCCOc1ccc(C(=O)CC(=O)c2ccc(C)cc2)cc1)C(CC)OC)OC)OC)OC)C(CC(OC)C1C(=O)NC(=O)C1C)C(=O)O. The van der Waals surface area contributed by atoms with Crippen molar-refractivity contribution in [2.24, 2.45) is 59.2 Å². The summed E-state index contributed by atoms with van der Waals surface area (Å²) in [6, 6.07) is 12.8. The van der Waals surface area contributed by atoms with E-state index in [1.807, 2.05) is 20.8 Å². The topological polar surface area (TPSA) is 367 Å². The second-order valence-electron chi connectivity index (χ2n) is 22.9. The zero-order valence-corrected chi connectivity index (χ0v) is 53.8. The summed E-state index contributed by atoms with van der Waals surface area (Å²) in [5.74, 6) is -27.0. The van der Waals surface area contributed by atoms with Gasteiger partial charge < -0.3 is 58.5 Å². The van der Waals surface area contributed by atoms with Crippen molar-refractivity contribution in [3.05, 3.63) is 65.2 Å². The number of amides is 5. The van der Waals surface area contributed by atoms with Crippen LogP contribution in [0.5, 0.6) is 5.75 Å². The van der Waals surface area contributed by atoms with Crippen LogP contribution in [0, 0.1) is 66.1 Å². The van der Waals surface area contributed by atoms with Gasteiger partial charge in [0.25, 0.3) is 0 Å². The predicted molar refractivity (Wildman–Crippen MR) is 323 cm³/mol. The largest absolute Gasteiger partial charge is 0.490 e. The van der Waals surface area contributed by atoms with Crippen LogP contribution in [0.25, 0.3) is 0 Å². The van der Waals surface area contributed by atoms with E-state index >= 15 is 0 Å². The number of ketones is 2. The molecule has 2 aliphatic rings. The summed E-state index contributed by atoms with van der Waals surface area (Å²) < 4.78 is 45.8. The van der Waals surface area contributed by atoms with Gasteiger partial charge in [-0.15, -0.1) is 0 Å². The Morgan fingerprint density at radius 1 is 0.582 bits per heavy atom. The molecular formula is C65H91N3O23. The first-order chi connectivity index (χ1) is 43.3. The number of aliphatic carboxylic acids is 3. The van der Waals surface area contributed by atoms with Gasteiger partial charge in [0.2, 0.25) is 29.5 Å². The lowest BCUT2D eigenvalue weighted by atomic mass is 9.73. The van der Waals surface area contributed by atoms with Crippen LogP contribution in [-0.4, -0.2) is 190 Å². The van der Waals surface area contributed by atoms with Crippen molar-refractivity contribution in [3.63, 3.8) is 0 Å². The van der Waals surface area contributed by atoms with E-state index in [1.54, 1.807) is 31.2 Å². The molecule has 15 unspecified atom stereocenters. The van der Waals surface area contributed by atoms with Crippen LogP contribution in [0.2, 0.25) is 0 Å².